The lowest BCUT2D eigenvalue weighted by Crippen LogP contribution is -2.18. The number of rotatable bonds is 4. The molecule has 0 spiro atoms. The highest BCUT2D eigenvalue weighted by atomic mass is 32.1. The summed E-state index contributed by atoms with van der Waals surface area (Å²) in [5.74, 6) is -0.586. The normalized spacial score (nSPS) is 13.0. The largest absolute Gasteiger partial charge is 0.369 e. The maximum Gasteiger partial charge on any atom is 0.224 e. The molecule has 0 fully saturated rings. The van der Waals surface area contributed by atoms with Crippen molar-refractivity contribution in [2.75, 3.05) is 5.32 Å². The number of amides is 1. The van der Waals surface area contributed by atoms with Crippen molar-refractivity contribution < 1.29 is 4.79 Å². The van der Waals surface area contributed by atoms with E-state index in [0.29, 0.717) is 0 Å². The van der Waals surface area contributed by atoms with E-state index < -0.39 is 0 Å². The first kappa shape index (κ1) is 15.5. The Balaban J connectivity index is 2.10. The van der Waals surface area contributed by atoms with Gasteiger partial charge in [0.05, 0.1) is 11.6 Å². The van der Waals surface area contributed by atoms with Crippen LogP contribution in [-0.4, -0.2) is 10.9 Å². The van der Waals surface area contributed by atoms with Crippen molar-refractivity contribution >= 4 is 28.1 Å². The number of nitrogens with two attached hydrogens (primary N) is 1. The standard InChI is InChI=1S/C16H21N3OS/c1-10(14(17)20)11-5-7-12(8-6-11)18-15-19-13(9-21-15)16(2,3)4/h5-10H,1-4H3,(H2,17,20)(H,18,19). The predicted molar refractivity (Wildman–Crippen MR) is 88.1 cm³/mol. The number of primary amides is 1. The van der Waals surface area contributed by atoms with E-state index in [1.807, 2.05) is 24.3 Å². The highest BCUT2D eigenvalue weighted by Crippen LogP contribution is 2.28. The van der Waals surface area contributed by atoms with Crippen LogP contribution < -0.4 is 11.1 Å². The zero-order valence-electron chi connectivity index (χ0n) is 12.8. The molecular formula is C16H21N3OS. The molecule has 112 valence electrons. The molecule has 21 heavy (non-hydrogen) atoms. The molecular weight excluding hydrogens is 282 g/mol. The Morgan fingerprint density at radius 2 is 1.90 bits per heavy atom. The summed E-state index contributed by atoms with van der Waals surface area (Å²) in [6.07, 6.45) is 0. The van der Waals surface area contributed by atoms with Gasteiger partial charge in [0, 0.05) is 16.5 Å². The molecule has 2 aromatic rings. The lowest BCUT2D eigenvalue weighted by molar-refractivity contribution is -0.119. The van der Waals surface area contributed by atoms with Gasteiger partial charge in [0.25, 0.3) is 0 Å². The van der Waals surface area contributed by atoms with E-state index in [0.717, 1.165) is 22.1 Å². The third kappa shape index (κ3) is 3.82. The summed E-state index contributed by atoms with van der Waals surface area (Å²) in [5, 5.41) is 6.23. The number of anilines is 2. The molecule has 0 radical (unpaired) electrons. The van der Waals surface area contributed by atoms with Crippen LogP contribution in [0.25, 0.3) is 0 Å². The number of benzene rings is 1. The van der Waals surface area contributed by atoms with E-state index in [1.54, 1.807) is 18.3 Å². The minimum Gasteiger partial charge on any atom is -0.369 e. The lowest BCUT2D eigenvalue weighted by atomic mass is 9.93. The van der Waals surface area contributed by atoms with Gasteiger partial charge in [-0.15, -0.1) is 11.3 Å². The average Bonchev–Trinajstić information content (AvgIpc) is 2.87. The van der Waals surface area contributed by atoms with Crippen molar-refractivity contribution in [3.05, 3.63) is 40.9 Å². The molecule has 0 aliphatic carbocycles. The van der Waals surface area contributed by atoms with E-state index >= 15 is 0 Å². The van der Waals surface area contributed by atoms with Crippen LogP contribution in [0.4, 0.5) is 10.8 Å². The number of carbonyl (C=O) groups excluding carboxylic acids is 1. The van der Waals surface area contributed by atoms with Gasteiger partial charge in [0.2, 0.25) is 5.91 Å². The van der Waals surface area contributed by atoms with Gasteiger partial charge in [-0.1, -0.05) is 32.9 Å². The third-order valence-electron chi connectivity index (χ3n) is 3.36. The first-order valence-corrected chi connectivity index (χ1v) is 7.77. The Hall–Kier alpha value is -1.88. The maximum absolute atomic E-state index is 11.2. The molecule has 2 rings (SSSR count). The number of carbonyl (C=O) groups is 1. The zero-order chi connectivity index (χ0) is 15.6. The Kier molecular flexibility index (Phi) is 4.32. The molecule has 4 nitrogen and oxygen atoms in total. The van der Waals surface area contributed by atoms with Crippen molar-refractivity contribution in [1.82, 2.24) is 4.98 Å². The summed E-state index contributed by atoms with van der Waals surface area (Å²) >= 11 is 1.59. The Bertz CT molecular complexity index is 626. The van der Waals surface area contributed by atoms with Crippen LogP contribution in [0.5, 0.6) is 0 Å². The molecule has 3 N–H and O–H groups in total. The molecule has 1 unspecified atom stereocenters. The monoisotopic (exact) mass is 303 g/mol. The summed E-state index contributed by atoms with van der Waals surface area (Å²) in [6.45, 7) is 8.24. The van der Waals surface area contributed by atoms with Gasteiger partial charge in [-0.25, -0.2) is 4.98 Å². The number of aromatic nitrogens is 1. The summed E-state index contributed by atoms with van der Waals surface area (Å²) < 4.78 is 0. The topological polar surface area (TPSA) is 68.0 Å². The summed E-state index contributed by atoms with van der Waals surface area (Å²) in [6, 6.07) is 7.70. The van der Waals surface area contributed by atoms with Gasteiger partial charge in [-0.05, 0) is 24.6 Å². The summed E-state index contributed by atoms with van der Waals surface area (Å²) in [4.78, 5) is 15.8. The first-order valence-electron chi connectivity index (χ1n) is 6.89. The highest BCUT2D eigenvalue weighted by molar-refractivity contribution is 7.13. The van der Waals surface area contributed by atoms with E-state index in [4.69, 9.17) is 5.73 Å². The number of nitrogens with one attached hydrogen (secondary N) is 1. The molecule has 0 aliphatic heterocycles. The van der Waals surface area contributed by atoms with E-state index in [-0.39, 0.29) is 17.2 Å². The van der Waals surface area contributed by atoms with Gasteiger partial charge in [0.15, 0.2) is 5.13 Å². The maximum atomic E-state index is 11.2. The highest BCUT2D eigenvalue weighted by Gasteiger charge is 2.17. The molecule has 0 bridgehead atoms. The van der Waals surface area contributed by atoms with Crippen LogP contribution in [0.15, 0.2) is 29.6 Å². The molecule has 1 aromatic heterocycles. The summed E-state index contributed by atoms with van der Waals surface area (Å²) in [7, 11) is 0. The van der Waals surface area contributed by atoms with Crippen LogP contribution in [0, 0.1) is 0 Å². The number of hydrogen-bond acceptors (Lipinski definition) is 4. The second-order valence-electron chi connectivity index (χ2n) is 6.16. The van der Waals surface area contributed by atoms with E-state index in [9.17, 15) is 4.79 Å². The second-order valence-corrected chi connectivity index (χ2v) is 7.02. The quantitative estimate of drug-likeness (QED) is 0.903. The van der Waals surface area contributed by atoms with Crippen LogP contribution in [0.2, 0.25) is 0 Å². The van der Waals surface area contributed by atoms with E-state index in [1.165, 1.54) is 0 Å². The minimum atomic E-state index is -0.314. The second kappa shape index (κ2) is 5.85. The summed E-state index contributed by atoms with van der Waals surface area (Å²) in [5.41, 5.74) is 8.31. The fraction of sp³-hybridized carbons (Fsp3) is 0.375. The molecule has 0 aliphatic rings. The Labute approximate surface area is 129 Å². The smallest absolute Gasteiger partial charge is 0.224 e. The molecule has 0 saturated heterocycles. The number of thiazole rings is 1. The van der Waals surface area contributed by atoms with Crippen LogP contribution >= 0.6 is 11.3 Å². The molecule has 1 atom stereocenters. The van der Waals surface area contributed by atoms with Crippen LogP contribution in [0.3, 0.4) is 0 Å². The fourth-order valence-electron chi connectivity index (χ4n) is 1.82. The van der Waals surface area contributed by atoms with Crippen molar-refractivity contribution in [2.24, 2.45) is 5.73 Å². The number of nitrogens with zero attached hydrogens (tertiary/aromatic N) is 1. The van der Waals surface area contributed by atoms with Crippen LogP contribution in [0.1, 0.15) is 44.9 Å². The zero-order valence-corrected chi connectivity index (χ0v) is 13.6. The minimum absolute atomic E-state index is 0.0528. The molecule has 1 amide bonds. The van der Waals surface area contributed by atoms with Gasteiger partial charge >= 0.3 is 0 Å². The van der Waals surface area contributed by atoms with Crippen molar-refractivity contribution in [1.29, 1.82) is 0 Å². The molecule has 1 aromatic carbocycles. The third-order valence-corrected chi connectivity index (χ3v) is 4.12. The van der Waals surface area contributed by atoms with Gasteiger partial charge in [0.1, 0.15) is 0 Å². The van der Waals surface area contributed by atoms with Gasteiger partial charge < -0.3 is 11.1 Å². The van der Waals surface area contributed by atoms with Crippen molar-refractivity contribution in [3.63, 3.8) is 0 Å². The van der Waals surface area contributed by atoms with Gasteiger partial charge in [-0.2, -0.15) is 0 Å². The molecule has 5 heteroatoms. The number of hydrogen-bond donors (Lipinski definition) is 2. The van der Waals surface area contributed by atoms with E-state index in [2.05, 4.69) is 36.5 Å². The van der Waals surface area contributed by atoms with Crippen molar-refractivity contribution in [3.8, 4) is 0 Å². The SMILES string of the molecule is CC(C(N)=O)c1ccc(Nc2nc(C(C)(C)C)cs2)cc1. The Morgan fingerprint density at radius 3 is 2.38 bits per heavy atom. The Morgan fingerprint density at radius 1 is 1.29 bits per heavy atom. The van der Waals surface area contributed by atoms with Gasteiger partial charge in [-0.3, -0.25) is 4.79 Å². The van der Waals surface area contributed by atoms with Crippen molar-refractivity contribution in [2.45, 2.75) is 39.0 Å². The lowest BCUT2D eigenvalue weighted by Gasteiger charge is -2.14. The first-order chi connectivity index (χ1) is 9.77. The van der Waals surface area contributed by atoms with Crippen LogP contribution in [-0.2, 0) is 10.2 Å². The molecule has 1 heterocycles. The predicted octanol–water partition coefficient (Wildman–Crippen LogP) is 3.77. The molecule has 0 saturated carbocycles. The average molecular weight is 303 g/mol. The fourth-order valence-corrected chi connectivity index (χ4v) is 2.78.